The van der Waals surface area contributed by atoms with Crippen LogP contribution in [-0.4, -0.2) is 17.3 Å². The van der Waals surface area contributed by atoms with E-state index in [-0.39, 0.29) is 28.2 Å². The lowest BCUT2D eigenvalue weighted by Gasteiger charge is -2.11. The third kappa shape index (κ3) is 8.90. The maximum Gasteiger partial charge on any atom is 0.166 e. The molecule has 3 nitrogen and oxygen atoms in total. The first-order valence-electron chi connectivity index (χ1n) is 15.9. The number of Topliss-reactive ketones (excluding diaryl/α,β-unsaturated/α-hetero) is 3. The molecule has 49 heavy (non-hydrogen) atoms. The average molecular weight is 696 g/mol. The second-order valence-corrected chi connectivity index (χ2v) is 16.0. The molecule has 242 valence electrons. The molecule has 0 saturated carbocycles. The van der Waals surface area contributed by atoms with E-state index in [2.05, 4.69) is 72.8 Å². The van der Waals surface area contributed by atoms with Crippen LogP contribution in [0, 0.1) is 0 Å². The quantitative estimate of drug-likeness (QED) is 0.0942. The molecule has 0 unspecified atom stereocenters. The Morgan fingerprint density at radius 3 is 0.939 bits per heavy atom. The van der Waals surface area contributed by atoms with Crippen molar-refractivity contribution in [3.63, 3.8) is 0 Å². The molecule has 0 spiro atoms. The van der Waals surface area contributed by atoms with Crippen LogP contribution >= 0.6 is 23.5 Å². The van der Waals surface area contributed by atoms with Crippen molar-refractivity contribution in [3.05, 3.63) is 173 Å². The summed E-state index contributed by atoms with van der Waals surface area (Å²) in [5.41, 5.74) is 4.55. The maximum atomic E-state index is 11.7. The smallest absolute Gasteiger partial charge is 0.166 e. The molecule has 6 aromatic rings. The van der Waals surface area contributed by atoms with Gasteiger partial charge >= 0.3 is 0 Å². The highest BCUT2D eigenvalue weighted by Crippen LogP contribution is 2.36. The Labute approximate surface area is 299 Å². The van der Waals surface area contributed by atoms with Crippen LogP contribution in [0.25, 0.3) is 0 Å². The van der Waals surface area contributed by atoms with Crippen molar-refractivity contribution >= 4 is 51.8 Å². The molecule has 0 N–H and O–H groups in total. The molecule has 6 aromatic carbocycles. The van der Waals surface area contributed by atoms with Crippen molar-refractivity contribution in [1.82, 2.24) is 0 Å². The first-order valence-corrected chi connectivity index (χ1v) is 18.8. The average Bonchev–Trinajstić information content (AvgIpc) is 3.11. The van der Waals surface area contributed by atoms with Gasteiger partial charge in [0.1, 0.15) is 0 Å². The lowest BCUT2D eigenvalue weighted by atomic mass is 10.0. The summed E-state index contributed by atoms with van der Waals surface area (Å²) >= 11 is 3.36. The Balaban J connectivity index is 1.25. The van der Waals surface area contributed by atoms with E-state index in [1.165, 1.54) is 25.8 Å². The molecule has 0 atom stereocenters. The molecule has 0 heterocycles. The number of carbonyl (C=O) groups is 3. The highest BCUT2D eigenvalue weighted by atomic mass is 32.2. The highest BCUT2D eigenvalue weighted by Gasteiger charge is 2.29. The normalized spacial score (nSPS) is 11.0. The van der Waals surface area contributed by atoms with E-state index >= 15 is 0 Å². The second-order valence-electron chi connectivity index (χ2n) is 11.7. The fraction of sp³-hybridized carbons (Fsp3) is 0.0930. The van der Waals surface area contributed by atoms with Gasteiger partial charge in [0, 0.05) is 36.3 Å². The Kier molecular flexibility index (Phi) is 11.0. The molecule has 6 heteroatoms. The van der Waals surface area contributed by atoms with Crippen molar-refractivity contribution < 1.29 is 14.4 Å². The minimum absolute atomic E-state index is 0.0687. The minimum Gasteiger partial charge on any atom is -0.295 e. The van der Waals surface area contributed by atoms with E-state index in [1.54, 1.807) is 44.3 Å². The van der Waals surface area contributed by atoms with E-state index in [1.807, 2.05) is 72.8 Å². The molecular formula is C43H35O3S3+. The lowest BCUT2D eigenvalue weighted by molar-refractivity contribution is 0.100. The maximum absolute atomic E-state index is 11.7. The summed E-state index contributed by atoms with van der Waals surface area (Å²) in [6.07, 6.45) is 0.797. The number of hydrogen-bond acceptors (Lipinski definition) is 5. The predicted molar refractivity (Wildman–Crippen MR) is 202 cm³/mol. The molecule has 0 bridgehead atoms. The first kappa shape index (κ1) is 34.3. The van der Waals surface area contributed by atoms with Crippen LogP contribution in [0.2, 0.25) is 0 Å². The van der Waals surface area contributed by atoms with Crippen LogP contribution in [0.1, 0.15) is 63.0 Å². The van der Waals surface area contributed by atoms with E-state index in [9.17, 15) is 14.4 Å². The number of benzene rings is 6. The van der Waals surface area contributed by atoms with Crippen LogP contribution < -0.4 is 0 Å². The third-order valence-electron chi connectivity index (χ3n) is 8.04. The van der Waals surface area contributed by atoms with Crippen molar-refractivity contribution in [2.24, 2.45) is 0 Å². The summed E-state index contributed by atoms with van der Waals surface area (Å²) in [7, 11) is -0.335. The first-order chi connectivity index (χ1) is 23.7. The van der Waals surface area contributed by atoms with Crippen molar-refractivity contribution in [2.75, 3.05) is 0 Å². The van der Waals surface area contributed by atoms with Crippen molar-refractivity contribution in [3.8, 4) is 0 Å². The van der Waals surface area contributed by atoms with Gasteiger partial charge in [0.25, 0.3) is 0 Å². The molecule has 0 aliphatic carbocycles. The molecule has 0 amide bonds. The summed E-state index contributed by atoms with van der Waals surface area (Å²) in [5.74, 6) is 0.214. The van der Waals surface area contributed by atoms with Crippen LogP contribution in [0.15, 0.2) is 180 Å². The lowest BCUT2D eigenvalue weighted by Crippen LogP contribution is -2.05. The van der Waals surface area contributed by atoms with E-state index in [0.29, 0.717) is 0 Å². The summed E-state index contributed by atoms with van der Waals surface area (Å²) in [6.45, 7) is 4.76. The monoisotopic (exact) mass is 695 g/mol. The molecule has 0 aliphatic rings. The molecule has 6 rings (SSSR count). The zero-order chi connectivity index (χ0) is 34.3. The van der Waals surface area contributed by atoms with Gasteiger partial charge in [-0.05, 0) is 123 Å². The minimum atomic E-state index is -0.335. The van der Waals surface area contributed by atoms with Gasteiger partial charge in [0.2, 0.25) is 0 Å². The largest absolute Gasteiger partial charge is 0.295 e. The van der Waals surface area contributed by atoms with Crippen LogP contribution in [-0.2, 0) is 17.3 Å². The standard InChI is InChI=1S/C43H35O3S3/c1-29(44)34-8-4-32(5-9-34)28-33-6-22-41(23-7-33)49(42-24-18-39(19-25-42)47-37-14-10-35(11-15-37)30(2)45)43-26-20-40(21-27-43)48-38-16-12-36(13-17-38)31(3)46/h4-27H,28H2,1-3H3/q+1. The van der Waals surface area contributed by atoms with Gasteiger partial charge in [-0.3, -0.25) is 14.4 Å². The third-order valence-corrected chi connectivity index (χ3v) is 12.3. The van der Waals surface area contributed by atoms with Crippen molar-refractivity contribution in [2.45, 2.75) is 61.5 Å². The summed E-state index contributed by atoms with van der Waals surface area (Å²) in [5, 5.41) is 0. The summed E-state index contributed by atoms with van der Waals surface area (Å²) in [4.78, 5) is 43.2. The van der Waals surface area contributed by atoms with Gasteiger partial charge in [-0.2, -0.15) is 0 Å². The fourth-order valence-corrected chi connectivity index (χ4v) is 8.99. The molecule has 0 fully saturated rings. The predicted octanol–water partition coefficient (Wildman–Crippen LogP) is 11.3. The van der Waals surface area contributed by atoms with Crippen LogP contribution in [0.3, 0.4) is 0 Å². The zero-order valence-corrected chi connectivity index (χ0v) is 30.0. The molecular weight excluding hydrogens is 661 g/mol. The SMILES string of the molecule is CC(=O)c1ccc(Cc2ccc([S+](c3ccc(Sc4ccc(C(C)=O)cc4)cc3)c3ccc(Sc4ccc(C(C)=O)cc4)cc3)cc2)cc1. The second kappa shape index (κ2) is 15.7. The Morgan fingerprint density at radius 1 is 0.388 bits per heavy atom. The van der Waals surface area contributed by atoms with E-state index in [0.717, 1.165) is 42.7 Å². The topological polar surface area (TPSA) is 51.2 Å². The number of rotatable bonds is 12. The van der Waals surface area contributed by atoms with Gasteiger partial charge in [0.15, 0.2) is 32.0 Å². The Bertz CT molecular complexity index is 1820. The molecule has 0 aliphatic heterocycles. The van der Waals surface area contributed by atoms with Gasteiger partial charge in [-0.25, -0.2) is 0 Å². The zero-order valence-electron chi connectivity index (χ0n) is 27.5. The molecule has 0 saturated heterocycles. The summed E-state index contributed by atoms with van der Waals surface area (Å²) < 4.78 is 0. The van der Waals surface area contributed by atoms with E-state index < -0.39 is 0 Å². The van der Waals surface area contributed by atoms with Gasteiger partial charge < -0.3 is 0 Å². The number of ketones is 3. The van der Waals surface area contributed by atoms with E-state index in [4.69, 9.17) is 0 Å². The van der Waals surface area contributed by atoms with Crippen LogP contribution in [0.4, 0.5) is 0 Å². The highest BCUT2D eigenvalue weighted by molar-refractivity contribution is 7.99. The number of carbonyl (C=O) groups excluding carboxylic acids is 3. The van der Waals surface area contributed by atoms with Gasteiger partial charge in [-0.1, -0.05) is 84.2 Å². The molecule has 0 aromatic heterocycles. The summed E-state index contributed by atoms with van der Waals surface area (Å²) in [6, 6.07) is 49.8. The number of hydrogen-bond donors (Lipinski definition) is 0. The molecule has 0 radical (unpaired) electrons. The Morgan fingerprint density at radius 2 is 0.633 bits per heavy atom. The van der Waals surface area contributed by atoms with Gasteiger partial charge in [0.05, 0.1) is 10.9 Å². The Hall–Kier alpha value is -4.62. The van der Waals surface area contributed by atoms with Crippen molar-refractivity contribution in [1.29, 1.82) is 0 Å². The van der Waals surface area contributed by atoms with Crippen LogP contribution in [0.5, 0.6) is 0 Å². The van der Waals surface area contributed by atoms with Gasteiger partial charge in [-0.15, -0.1) is 0 Å². The fourth-order valence-electron chi connectivity index (χ4n) is 5.32.